The number of hydrogen-bond donors (Lipinski definition) is 20. The number of carbonyl (C=O) groups is 12. The molecule has 0 atom stereocenters. The average Bonchev–Trinajstić information content (AvgIpc) is 1.10. The van der Waals surface area contributed by atoms with Crippen molar-refractivity contribution < 1.29 is 98.4 Å². The molecule has 38 nitrogen and oxygen atoms in total. The summed E-state index contributed by atoms with van der Waals surface area (Å²) < 4.78 is 0. The van der Waals surface area contributed by atoms with Gasteiger partial charge in [0.05, 0.1) is 52.9 Å². The Kier molecular flexibility index (Phi) is 59.8. The van der Waals surface area contributed by atoms with E-state index in [1.807, 2.05) is 29.4 Å². The van der Waals surface area contributed by atoms with Gasteiger partial charge in [-0.25, -0.2) is 0 Å². The van der Waals surface area contributed by atoms with Crippen LogP contribution in [-0.4, -0.2) is 390 Å². The van der Waals surface area contributed by atoms with Crippen LogP contribution in [0, 0.1) is 0 Å². The van der Waals surface area contributed by atoms with Crippen LogP contribution in [0.25, 0.3) is 0 Å². The Labute approximate surface area is 586 Å². The Bertz CT molecular complexity index is 1890. The molecule has 0 aliphatic carbocycles. The summed E-state index contributed by atoms with van der Waals surface area (Å²) in [4.78, 5) is 165. The Balaban J connectivity index is 6.81. The van der Waals surface area contributed by atoms with Crippen molar-refractivity contribution in [1.29, 1.82) is 0 Å². The summed E-state index contributed by atoms with van der Waals surface area (Å²) >= 11 is 0. The van der Waals surface area contributed by atoms with Gasteiger partial charge < -0.3 is 134 Å². The summed E-state index contributed by atoms with van der Waals surface area (Å²) in [6.45, 7) is 2.77. The summed E-state index contributed by atoms with van der Waals surface area (Å²) in [5, 5.41) is 105. The van der Waals surface area contributed by atoms with Crippen molar-refractivity contribution >= 4 is 70.9 Å². The highest BCUT2D eigenvalue weighted by atomic mass is 16.3. The highest BCUT2D eigenvalue weighted by Gasteiger charge is 2.20. The topological polar surface area (TPSA) is 530 Å². The van der Waals surface area contributed by atoms with Crippen molar-refractivity contribution in [3.05, 3.63) is 0 Å². The van der Waals surface area contributed by atoms with Crippen LogP contribution in [0.3, 0.4) is 0 Å². The Morgan fingerprint density at radius 3 is 0.360 bits per heavy atom. The second-order valence-electron chi connectivity index (χ2n) is 23.0. The first-order valence-electron chi connectivity index (χ1n) is 34.7. The third-order valence-electron chi connectivity index (χ3n) is 15.1. The smallest absolute Gasteiger partial charge is 0.221 e. The van der Waals surface area contributed by atoms with Crippen LogP contribution in [0.4, 0.5) is 0 Å². The monoisotopic (exact) mass is 1440 g/mol. The minimum absolute atomic E-state index is 0.0465. The van der Waals surface area contributed by atoms with Crippen LogP contribution >= 0.6 is 0 Å². The van der Waals surface area contributed by atoms with E-state index in [-0.39, 0.29) is 397 Å². The minimum Gasteiger partial charge on any atom is -0.395 e. The van der Waals surface area contributed by atoms with E-state index in [0.29, 0.717) is 0 Å². The van der Waals surface area contributed by atoms with E-state index in [1.165, 1.54) is 0 Å². The number of nitrogens with one attached hydrogen (secondary N) is 12. The van der Waals surface area contributed by atoms with Gasteiger partial charge in [-0.2, -0.15) is 0 Å². The van der Waals surface area contributed by atoms with Gasteiger partial charge >= 0.3 is 0 Å². The van der Waals surface area contributed by atoms with Crippen LogP contribution in [0.5, 0.6) is 0 Å². The highest BCUT2D eigenvalue weighted by molar-refractivity contribution is 5.80. The lowest BCUT2D eigenvalue weighted by Crippen LogP contribution is -2.43. The van der Waals surface area contributed by atoms with E-state index >= 15 is 0 Å². The molecule has 0 unspecified atom stereocenters. The summed E-state index contributed by atoms with van der Waals surface area (Å²) in [6.07, 6.45) is 0.156. The molecule has 0 spiro atoms. The summed E-state index contributed by atoms with van der Waals surface area (Å²) in [6, 6.07) is 0. The number of aliphatic hydroxyl groups excluding tert-OH is 8. The van der Waals surface area contributed by atoms with Gasteiger partial charge in [0.15, 0.2) is 0 Å². The van der Waals surface area contributed by atoms with Crippen molar-refractivity contribution in [2.75, 3.05) is 249 Å². The standard InChI is InChI=1S/C62H120N18O20/c81-43-17-67-55(93)1-25-75(26-2-56(94)68-18-44-82)37-13-63-51(89)9-33-79(34-10-52(90)64-14-38-76(27-3-57(95)69-19-45-83)28-4-58(96)70-20-46-84)41-42-80(35-11-53(91)65-15-39-77(29-5-59(97)71-21-47-85)30-6-60(98)72-22-48-86)36-12-54(92)66-16-40-78(31-7-61(99)73-23-49-87)32-8-62(100)74-24-50-88/h81-88H,1-50H2,(H,63,89)(H,64,90)(H,65,91)(H,66,92)(H,67,93)(H,68,94)(H,69,95)(H,70,96)(H,71,97)(H,72,98)(H,73,99)(H,74,100). The fourth-order valence-electron chi connectivity index (χ4n) is 9.45. The largest absolute Gasteiger partial charge is 0.395 e. The van der Waals surface area contributed by atoms with E-state index in [0.717, 1.165) is 0 Å². The molecule has 0 saturated heterocycles. The van der Waals surface area contributed by atoms with Gasteiger partial charge in [-0.1, -0.05) is 0 Å². The maximum absolute atomic E-state index is 13.6. The van der Waals surface area contributed by atoms with Crippen molar-refractivity contribution in [3.8, 4) is 0 Å². The summed E-state index contributed by atoms with van der Waals surface area (Å²) in [7, 11) is 0. The molecule has 0 aromatic rings. The number of rotatable bonds is 67. The lowest BCUT2D eigenvalue weighted by atomic mass is 10.2. The van der Waals surface area contributed by atoms with E-state index in [4.69, 9.17) is 40.9 Å². The van der Waals surface area contributed by atoms with E-state index < -0.39 is 0 Å². The third kappa shape index (κ3) is 56.8. The normalized spacial score (nSPS) is 11.2. The lowest BCUT2D eigenvalue weighted by Gasteiger charge is -2.28. The van der Waals surface area contributed by atoms with Crippen LogP contribution in [0.1, 0.15) is 77.0 Å². The molecular formula is C62H120N18O20. The lowest BCUT2D eigenvalue weighted by molar-refractivity contribution is -0.124. The molecule has 0 aromatic heterocycles. The molecule has 100 heavy (non-hydrogen) atoms. The number of hydrogen-bond acceptors (Lipinski definition) is 26. The molecule has 0 saturated carbocycles. The average molecular weight is 1440 g/mol. The van der Waals surface area contributed by atoms with Gasteiger partial charge in [0.25, 0.3) is 0 Å². The molecular weight excluding hydrogens is 1320 g/mol. The Hall–Kier alpha value is -6.92. The fraction of sp³-hybridized carbons (Fsp3) is 0.806. The number of nitrogens with zero attached hydrogens (tertiary/aromatic N) is 6. The van der Waals surface area contributed by atoms with Crippen LogP contribution < -0.4 is 63.8 Å². The molecule has 0 aliphatic heterocycles. The van der Waals surface area contributed by atoms with E-state index in [9.17, 15) is 57.5 Å². The SMILES string of the molecule is O=C(CCN(CCNC(=O)CCN(CCC(=O)NCCN(CCC(=O)NCCO)CCC(=O)NCCO)CCN(CCC(=O)NCCN(CCC(=O)NCCO)CCC(=O)NCCO)CCC(=O)NCCN(CCC(=O)NCCO)CCC(=O)NCCO)CCC(=O)NCCO)NCCO. The highest BCUT2D eigenvalue weighted by Crippen LogP contribution is 2.04. The summed E-state index contributed by atoms with van der Waals surface area (Å²) in [5.74, 6) is -4.02. The zero-order valence-corrected chi connectivity index (χ0v) is 58.5. The number of aliphatic hydroxyl groups is 8. The van der Waals surface area contributed by atoms with Gasteiger partial charge in [0, 0.05) is 273 Å². The van der Waals surface area contributed by atoms with E-state index in [2.05, 4.69) is 63.8 Å². The predicted molar refractivity (Wildman–Crippen MR) is 367 cm³/mol. The first kappa shape index (κ1) is 93.1. The van der Waals surface area contributed by atoms with Crippen LogP contribution in [0.2, 0.25) is 0 Å². The molecule has 0 rings (SSSR count). The van der Waals surface area contributed by atoms with Gasteiger partial charge in [0.1, 0.15) is 0 Å². The molecule has 38 heteroatoms. The van der Waals surface area contributed by atoms with Crippen LogP contribution in [0.15, 0.2) is 0 Å². The maximum Gasteiger partial charge on any atom is 0.221 e. The quantitative estimate of drug-likeness (QED) is 0.0269. The third-order valence-corrected chi connectivity index (χ3v) is 15.1. The molecule has 0 fully saturated rings. The molecule has 12 amide bonds. The van der Waals surface area contributed by atoms with Crippen molar-refractivity contribution in [2.24, 2.45) is 0 Å². The number of amides is 12. The van der Waals surface area contributed by atoms with Crippen molar-refractivity contribution in [1.82, 2.24) is 93.2 Å². The second-order valence-corrected chi connectivity index (χ2v) is 23.0. The zero-order chi connectivity index (χ0) is 74.2. The van der Waals surface area contributed by atoms with E-state index in [1.54, 1.807) is 0 Å². The van der Waals surface area contributed by atoms with Crippen LogP contribution in [-0.2, 0) is 57.5 Å². The Morgan fingerprint density at radius 1 is 0.150 bits per heavy atom. The van der Waals surface area contributed by atoms with Gasteiger partial charge in [-0.3, -0.25) is 57.5 Å². The second kappa shape index (κ2) is 64.2. The zero-order valence-electron chi connectivity index (χ0n) is 58.5. The van der Waals surface area contributed by atoms with Gasteiger partial charge in [-0.05, 0) is 0 Å². The molecule has 0 bridgehead atoms. The van der Waals surface area contributed by atoms with Gasteiger partial charge in [-0.15, -0.1) is 0 Å². The molecule has 20 N–H and O–H groups in total. The van der Waals surface area contributed by atoms with Gasteiger partial charge in [0.2, 0.25) is 70.9 Å². The predicted octanol–water partition coefficient (Wildman–Crippen LogP) is -11.2. The maximum atomic E-state index is 13.6. The first-order chi connectivity index (χ1) is 48.2. The first-order valence-corrected chi connectivity index (χ1v) is 34.7. The molecule has 0 heterocycles. The fourth-order valence-corrected chi connectivity index (χ4v) is 9.45. The molecule has 0 radical (unpaired) electrons. The Morgan fingerprint density at radius 2 is 0.250 bits per heavy atom. The number of carbonyl (C=O) groups excluding carboxylic acids is 12. The van der Waals surface area contributed by atoms with Crippen molar-refractivity contribution in [2.45, 2.75) is 77.0 Å². The molecule has 578 valence electrons. The van der Waals surface area contributed by atoms with Crippen molar-refractivity contribution in [3.63, 3.8) is 0 Å². The minimum atomic E-state index is -0.363. The molecule has 0 aliphatic rings. The summed E-state index contributed by atoms with van der Waals surface area (Å²) in [5.41, 5.74) is 0. The molecule has 0 aromatic carbocycles.